The van der Waals surface area contributed by atoms with Crippen molar-refractivity contribution in [2.24, 2.45) is 0 Å². The molecule has 0 unspecified atom stereocenters. The van der Waals surface area contributed by atoms with Gasteiger partial charge in [-0.05, 0) is 109 Å². The van der Waals surface area contributed by atoms with E-state index in [0.29, 0.717) is 19.3 Å². The quantitative estimate of drug-likeness (QED) is 0.0263. The maximum Gasteiger partial charge on any atom is 0.306 e. The second-order valence-electron chi connectivity index (χ2n) is 16.7. The zero-order valence-corrected chi connectivity index (χ0v) is 39.9. The van der Waals surface area contributed by atoms with Gasteiger partial charge in [0.15, 0.2) is 6.10 Å². The van der Waals surface area contributed by atoms with Crippen molar-refractivity contribution in [3.05, 3.63) is 72.9 Å². The standard InChI is InChI=1S/C55H94O6/c1-4-7-10-13-16-19-22-25-27-30-32-35-38-41-44-47-53(56)59-50-52(61-55(58)49-46-43-40-37-34-29-24-21-18-15-12-9-6-3)51-60-54(57)48-45-42-39-36-33-31-28-26-23-20-17-14-11-8-5-2/h7,10,16,19-21,23-25,27,32,35,52H,4-6,8-9,11-15,17-18,22,26,28-31,33-34,36-51H2,1-3H3/b10-7-,19-16-,23-20-,24-21-,27-25-,35-32-/t52-/m1/s1. The fourth-order valence-corrected chi connectivity index (χ4v) is 6.83. The number of rotatable bonds is 45. The molecule has 0 aliphatic carbocycles. The van der Waals surface area contributed by atoms with Crippen LogP contribution in [0.15, 0.2) is 72.9 Å². The van der Waals surface area contributed by atoms with Gasteiger partial charge in [0.1, 0.15) is 13.2 Å². The summed E-state index contributed by atoms with van der Waals surface area (Å²) in [5.41, 5.74) is 0. The van der Waals surface area contributed by atoms with Gasteiger partial charge in [0.05, 0.1) is 0 Å². The minimum atomic E-state index is -0.797. The van der Waals surface area contributed by atoms with E-state index < -0.39 is 6.10 Å². The van der Waals surface area contributed by atoms with Gasteiger partial charge in [-0.1, -0.05) is 184 Å². The second kappa shape index (κ2) is 49.5. The van der Waals surface area contributed by atoms with Gasteiger partial charge in [0.25, 0.3) is 0 Å². The molecule has 0 saturated heterocycles. The van der Waals surface area contributed by atoms with Crippen LogP contribution in [0.3, 0.4) is 0 Å². The van der Waals surface area contributed by atoms with Crippen molar-refractivity contribution in [3.8, 4) is 0 Å². The topological polar surface area (TPSA) is 78.9 Å². The summed E-state index contributed by atoms with van der Waals surface area (Å²) in [6, 6.07) is 0. The van der Waals surface area contributed by atoms with E-state index in [4.69, 9.17) is 14.2 Å². The third-order valence-corrected chi connectivity index (χ3v) is 10.7. The van der Waals surface area contributed by atoms with Crippen LogP contribution in [0.4, 0.5) is 0 Å². The first-order valence-electron chi connectivity index (χ1n) is 25.4. The summed E-state index contributed by atoms with van der Waals surface area (Å²) in [6.07, 6.45) is 61.7. The van der Waals surface area contributed by atoms with Crippen molar-refractivity contribution in [1.29, 1.82) is 0 Å². The Labute approximate surface area is 376 Å². The number of allylic oxidation sites excluding steroid dienone is 12. The number of ether oxygens (including phenoxy) is 3. The monoisotopic (exact) mass is 851 g/mol. The highest BCUT2D eigenvalue weighted by Crippen LogP contribution is 2.14. The van der Waals surface area contributed by atoms with Crippen LogP contribution in [0.25, 0.3) is 0 Å². The molecule has 0 saturated carbocycles. The lowest BCUT2D eigenvalue weighted by atomic mass is 10.1. The maximum atomic E-state index is 12.8. The van der Waals surface area contributed by atoms with Gasteiger partial charge in [-0.3, -0.25) is 14.4 Å². The molecule has 0 radical (unpaired) electrons. The Hall–Kier alpha value is -3.15. The second-order valence-corrected chi connectivity index (χ2v) is 16.7. The van der Waals surface area contributed by atoms with Gasteiger partial charge in [-0.25, -0.2) is 0 Å². The molecule has 0 aliphatic heterocycles. The lowest BCUT2D eigenvalue weighted by molar-refractivity contribution is -0.167. The Bertz CT molecular complexity index is 1160. The van der Waals surface area contributed by atoms with Gasteiger partial charge < -0.3 is 14.2 Å². The van der Waals surface area contributed by atoms with E-state index in [-0.39, 0.29) is 31.1 Å². The molecule has 0 rings (SSSR count). The number of esters is 3. The molecule has 0 amide bonds. The molecule has 1 atom stereocenters. The lowest BCUT2D eigenvalue weighted by Crippen LogP contribution is -2.30. The van der Waals surface area contributed by atoms with E-state index in [1.807, 2.05) is 0 Å². The molecular weight excluding hydrogens is 757 g/mol. The minimum absolute atomic E-state index is 0.0943. The molecule has 350 valence electrons. The van der Waals surface area contributed by atoms with Crippen molar-refractivity contribution in [3.63, 3.8) is 0 Å². The zero-order chi connectivity index (χ0) is 44.4. The number of carbonyl (C=O) groups excluding carboxylic acids is 3. The third kappa shape index (κ3) is 47.7. The Morgan fingerprint density at radius 1 is 0.344 bits per heavy atom. The van der Waals surface area contributed by atoms with Gasteiger partial charge in [-0.2, -0.15) is 0 Å². The first kappa shape index (κ1) is 57.9. The number of hydrogen-bond donors (Lipinski definition) is 0. The number of unbranched alkanes of at least 4 members (excludes halogenated alkanes) is 22. The molecule has 0 aromatic heterocycles. The van der Waals surface area contributed by atoms with E-state index >= 15 is 0 Å². The Kier molecular flexibility index (Phi) is 46.9. The van der Waals surface area contributed by atoms with Crippen molar-refractivity contribution in [2.45, 2.75) is 245 Å². The van der Waals surface area contributed by atoms with Crippen LogP contribution in [0.5, 0.6) is 0 Å². The van der Waals surface area contributed by atoms with Crippen LogP contribution in [-0.2, 0) is 28.6 Å². The summed E-state index contributed by atoms with van der Waals surface area (Å²) in [7, 11) is 0. The van der Waals surface area contributed by atoms with Crippen LogP contribution >= 0.6 is 0 Å². The molecule has 0 N–H and O–H groups in total. The average molecular weight is 851 g/mol. The molecule has 0 heterocycles. The first-order valence-corrected chi connectivity index (χ1v) is 25.4. The highest BCUT2D eigenvalue weighted by atomic mass is 16.6. The van der Waals surface area contributed by atoms with Crippen LogP contribution < -0.4 is 0 Å². The largest absolute Gasteiger partial charge is 0.462 e. The van der Waals surface area contributed by atoms with Crippen LogP contribution in [0.1, 0.15) is 239 Å². The zero-order valence-electron chi connectivity index (χ0n) is 39.9. The summed E-state index contributed by atoms with van der Waals surface area (Å²) in [6.45, 7) is 6.45. The van der Waals surface area contributed by atoms with E-state index in [1.54, 1.807) is 0 Å². The van der Waals surface area contributed by atoms with Crippen LogP contribution in [0, 0.1) is 0 Å². The van der Waals surface area contributed by atoms with E-state index in [1.165, 1.54) is 103 Å². The predicted octanol–water partition coefficient (Wildman–Crippen LogP) is 16.6. The fourth-order valence-electron chi connectivity index (χ4n) is 6.83. The third-order valence-electron chi connectivity index (χ3n) is 10.7. The molecule has 6 heteroatoms. The van der Waals surface area contributed by atoms with Crippen LogP contribution in [-0.4, -0.2) is 37.2 Å². The number of hydrogen-bond acceptors (Lipinski definition) is 6. The highest BCUT2D eigenvalue weighted by molar-refractivity contribution is 5.71. The molecule has 0 bridgehead atoms. The van der Waals surface area contributed by atoms with Crippen molar-refractivity contribution < 1.29 is 28.6 Å². The van der Waals surface area contributed by atoms with Gasteiger partial charge in [0.2, 0.25) is 0 Å². The summed E-state index contributed by atoms with van der Waals surface area (Å²) >= 11 is 0. The summed E-state index contributed by atoms with van der Waals surface area (Å²) in [5.74, 6) is -0.950. The Morgan fingerprint density at radius 3 is 1.05 bits per heavy atom. The summed E-state index contributed by atoms with van der Waals surface area (Å²) in [5, 5.41) is 0. The van der Waals surface area contributed by atoms with Crippen molar-refractivity contribution >= 4 is 17.9 Å². The van der Waals surface area contributed by atoms with Crippen LogP contribution in [0.2, 0.25) is 0 Å². The summed E-state index contributed by atoms with van der Waals surface area (Å²) in [4.78, 5) is 37.9. The van der Waals surface area contributed by atoms with E-state index in [9.17, 15) is 14.4 Å². The highest BCUT2D eigenvalue weighted by Gasteiger charge is 2.19. The fraction of sp³-hybridized carbons (Fsp3) is 0.727. The number of carbonyl (C=O) groups is 3. The molecule has 6 nitrogen and oxygen atoms in total. The predicted molar refractivity (Wildman–Crippen MR) is 261 cm³/mol. The average Bonchev–Trinajstić information content (AvgIpc) is 3.26. The molecule has 0 aromatic carbocycles. The Morgan fingerprint density at radius 2 is 0.639 bits per heavy atom. The molecule has 0 aliphatic rings. The maximum absolute atomic E-state index is 12.8. The van der Waals surface area contributed by atoms with Gasteiger partial charge in [-0.15, -0.1) is 0 Å². The van der Waals surface area contributed by atoms with Crippen molar-refractivity contribution in [1.82, 2.24) is 0 Å². The summed E-state index contributed by atoms with van der Waals surface area (Å²) < 4.78 is 16.7. The molecule has 0 aromatic rings. The van der Waals surface area contributed by atoms with Crippen molar-refractivity contribution in [2.75, 3.05) is 13.2 Å². The molecular formula is C55H94O6. The van der Waals surface area contributed by atoms with Gasteiger partial charge >= 0.3 is 17.9 Å². The minimum Gasteiger partial charge on any atom is -0.462 e. The lowest BCUT2D eigenvalue weighted by Gasteiger charge is -2.18. The van der Waals surface area contributed by atoms with E-state index in [0.717, 1.165) is 96.3 Å². The smallest absolute Gasteiger partial charge is 0.306 e. The molecule has 0 spiro atoms. The van der Waals surface area contributed by atoms with E-state index in [2.05, 4.69) is 93.7 Å². The molecule has 61 heavy (non-hydrogen) atoms. The normalized spacial score (nSPS) is 12.6. The first-order chi connectivity index (χ1) is 30.0. The molecule has 0 fully saturated rings. The van der Waals surface area contributed by atoms with Gasteiger partial charge in [0, 0.05) is 19.3 Å². The Balaban J connectivity index is 4.46. The SMILES string of the molecule is CC/C=C\C/C=C\C/C=C\C/C=C\CCCCC(=O)OC[C@H](COC(=O)CCCCCCCCC/C=C\CCCCCC)OC(=O)CCCCCCC/C=C\CCCCCC.